The standard InChI is InChI=1S/C30H37Cl2N3O4/c1-4-39-30(38)21-5-8-24(9-6-21)33-17-28(36)35-12-11-34(29(37)23-14-19(2)13-20(3)15-23)18-27(35)22-7-10-25(31)26(32)16-22/h7,10,13-16,21,24,27,33H,4-6,8-9,11-12,17-18H2,1-3H3. The molecule has 0 bridgehead atoms. The molecular weight excluding hydrogens is 537 g/mol. The third kappa shape index (κ3) is 7.33. The number of hydrogen-bond acceptors (Lipinski definition) is 5. The SMILES string of the molecule is CCOC(=O)C1CCC(NCC(=O)N2CCN(C(=O)c3cc(C)cc(C)c3)CC2c2ccc(Cl)c(Cl)c2)CC1. The van der Waals surface area contributed by atoms with Crippen molar-refractivity contribution in [3.8, 4) is 0 Å². The topological polar surface area (TPSA) is 79.0 Å². The minimum Gasteiger partial charge on any atom is -0.466 e. The van der Waals surface area contributed by atoms with Gasteiger partial charge in [0.15, 0.2) is 0 Å². The monoisotopic (exact) mass is 573 g/mol. The molecule has 1 saturated carbocycles. The normalized spacial score (nSPS) is 21.5. The molecule has 39 heavy (non-hydrogen) atoms. The Labute approximate surface area is 240 Å². The first-order valence-electron chi connectivity index (χ1n) is 13.7. The van der Waals surface area contributed by atoms with E-state index in [0.29, 0.717) is 41.8 Å². The number of amides is 2. The molecule has 1 unspecified atom stereocenters. The number of ether oxygens (including phenoxy) is 1. The van der Waals surface area contributed by atoms with E-state index < -0.39 is 0 Å². The first-order chi connectivity index (χ1) is 18.7. The molecule has 0 radical (unpaired) electrons. The van der Waals surface area contributed by atoms with Crippen LogP contribution < -0.4 is 5.32 Å². The third-order valence-electron chi connectivity index (χ3n) is 7.67. The lowest BCUT2D eigenvalue weighted by Gasteiger charge is -2.42. The molecule has 9 heteroatoms. The quantitative estimate of drug-likeness (QED) is 0.452. The van der Waals surface area contributed by atoms with Crippen molar-refractivity contribution in [1.29, 1.82) is 0 Å². The number of aryl methyl sites for hydroxylation is 2. The maximum atomic E-state index is 13.5. The van der Waals surface area contributed by atoms with Crippen molar-refractivity contribution in [1.82, 2.24) is 15.1 Å². The van der Waals surface area contributed by atoms with E-state index in [1.807, 2.05) is 54.8 Å². The predicted octanol–water partition coefficient (Wildman–Crippen LogP) is 5.35. The molecule has 1 aliphatic heterocycles. The molecular formula is C30H37Cl2N3O4. The second-order valence-corrected chi connectivity index (χ2v) is 11.4. The van der Waals surface area contributed by atoms with E-state index in [2.05, 4.69) is 5.32 Å². The molecule has 0 aromatic heterocycles. The van der Waals surface area contributed by atoms with Crippen molar-refractivity contribution < 1.29 is 19.1 Å². The lowest BCUT2D eigenvalue weighted by molar-refractivity contribution is -0.149. The van der Waals surface area contributed by atoms with E-state index >= 15 is 0 Å². The van der Waals surface area contributed by atoms with Gasteiger partial charge in [0, 0.05) is 31.2 Å². The van der Waals surface area contributed by atoms with Crippen LogP contribution in [-0.4, -0.2) is 66.4 Å². The van der Waals surface area contributed by atoms with Crippen molar-refractivity contribution >= 4 is 41.0 Å². The van der Waals surface area contributed by atoms with Crippen molar-refractivity contribution in [2.75, 3.05) is 32.8 Å². The summed E-state index contributed by atoms with van der Waals surface area (Å²) in [6.45, 7) is 7.59. The number of hydrogen-bond donors (Lipinski definition) is 1. The summed E-state index contributed by atoms with van der Waals surface area (Å²) in [5, 5.41) is 4.26. The molecule has 2 fully saturated rings. The molecule has 210 valence electrons. The van der Waals surface area contributed by atoms with Gasteiger partial charge in [0.05, 0.1) is 35.2 Å². The largest absolute Gasteiger partial charge is 0.466 e. The van der Waals surface area contributed by atoms with Crippen LogP contribution in [0.4, 0.5) is 0 Å². The Kier molecular flexibility index (Phi) is 9.91. The van der Waals surface area contributed by atoms with Gasteiger partial charge in [-0.3, -0.25) is 14.4 Å². The Balaban J connectivity index is 1.44. The number of piperazine rings is 1. The number of carbonyl (C=O) groups is 3. The van der Waals surface area contributed by atoms with Gasteiger partial charge in [-0.05, 0) is 76.3 Å². The molecule has 1 saturated heterocycles. The van der Waals surface area contributed by atoms with Crippen molar-refractivity contribution in [3.05, 3.63) is 68.7 Å². The Bertz CT molecular complexity index is 1190. The number of benzene rings is 2. The van der Waals surface area contributed by atoms with E-state index in [4.69, 9.17) is 27.9 Å². The molecule has 2 aromatic rings. The Morgan fingerprint density at radius 1 is 0.949 bits per heavy atom. The third-order valence-corrected chi connectivity index (χ3v) is 8.41. The number of rotatable bonds is 7. The van der Waals surface area contributed by atoms with Gasteiger partial charge in [0.1, 0.15) is 0 Å². The highest BCUT2D eigenvalue weighted by molar-refractivity contribution is 6.42. The van der Waals surface area contributed by atoms with Crippen LogP contribution in [0.3, 0.4) is 0 Å². The van der Waals surface area contributed by atoms with Gasteiger partial charge < -0.3 is 19.9 Å². The highest BCUT2D eigenvalue weighted by Crippen LogP contribution is 2.32. The number of esters is 1. The van der Waals surface area contributed by atoms with Gasteiger partial charge >= 0.3 is 5.97 Å². The van der Waals surface area contributed by atoms with E-state index in [9.17, 15) is 14.4 Å². The summed E-state index contributed by atoms with van der Waals surface area (Å²) >= 11 is 12.5. The number of halogens is 2. The van der Waals surface area contributed by atoms with Crippen LogP contribution in [0.2, 0.25) is 10.0 Å². The van der Waals surface area contributed by atoms with E-state index in [0.717, 1.165) is 42.4 Å². The van der Waals surface area contributed by atoms with Crippen molar-refractivity contribution in [2.45, 2.75) is 58.5 Å². The van der Waals surface area contributed by atoms with Crippen molar-refractivity contribution in [3.63, 3.8) is 0 Å². The fourth-order valence-corrected chi connectivity index (χ4v) is 5.98. The first-order valence-corrected chi connectivity index (χ1v) is 14.4. The van der Waals surface area contributed by atoms with Gasteiger partial charge in [-0.25, -0.2) is 0 Å². The summed E-state index contributed by atoms with van der Waals surface area (Å²) in [5.41, 5.74) is 3.57. The lowest BCUT2D eigenvalue weighted by Crippen LogP contribution is -2.54. The van der Waals surface area contributed by atoms with E-state index in [1.54, 1.807) is 12.1 Å². The van der Waals surface area contributed by atoms with Crippen LogP contribution >= 0.6 is 23.2 Å². The van der Waals surface area contributed by atoms with Gasteiger partial charge in [-0.15, -0.1) is 0 Å². The summed E-state index contributed by atoms with van der Waals surface area (Å²) in [7, 11) is 0. The summed E-state index contributed by atoms with van der Waals surface area (Å²) in [4.78, 5) is 42.6. The van der Waals surface area contributed by atoms with Crippen molar-refractivity contribution in [2.24, 2.45) is 5.92 Å². The van der Waals surface area contributed by atoms with E-state index in [-0.39, 0.29) is 42.3 Å². The highest BCUT2D eigenvalue weighted by atomic mass is 35.5. The average molecular weight is 575 g/mol. The van der Waals surface area contributed by atoms with Crippen LogP contribution in [-0.2, 0) is 14.3 Å². The van der Waals surface area contributed by atoms with Crippen LogP contribution in [0.1, 0.15) is 65.7 Å². The minimum absolute atomic E-state index is 0.0305. The fourth-order valence-electron chi connectivity index (χ4n) is 5.68. The molecule has 7 nitrogen and oxygen atoms in total. The maximum absolute atomic E-state index is 13.5. The zero-order valence-electron chi connectivity index (χ0n) is 22.8. The van der Waals surface area contributed by atoms with Crippen LogP contribution in [0, 0.1) is 19.8 Å². The average Bonchev–Trinajstić information content (AvgIpc) is 2.92. The Morgan fingerprint density at radius 3 is 2.28 bits per heavy atom. The Hall–Kier alpha value is -2.61. The molecule has 1 aliphatic carbocycles. The van der Waals surface area contributed by atoms with Gasteiger partial charge in [0.2, 0.25) is 5.91 Å². The molecule has 0 spiro atoms. The fraction of sp³-hybridized carbons (Fsp3) is 0.500. The number of nitrogens with zero attached hydrogens (tertiary/aromatic N) is 2. The molecule has 4 rings (SSSR count). The highest BCUT2D eigenvalue weighted by Gasteiger charge is 2.35. The van der Waals surface area contributed by atoms with Crippen LogP contribution in [0.25, 0.3) is 0 Å². The minimum atomic E-state index is -0.350. The van der Waals surface area contributed by atoms with Gasteiger partial charge in [-0.1, -0.05) is 46.5 Å². The summed E-state index contributed by atoms with van der Waals surface area (Å²) in [6.07, 6.45) is 3.17. The zero-order chi connectivity index (χ0) is 28.1. The molecule has 2 aliphatic rings. The number of nitrogens with one attached hydrogen (secondary N) is 1. The molecule has 1 N–H and O–H groups in total. The molecule has 2 amide bonds. The molecule has 1 atom stereocenters. The lowest BCUT2D eigenvalue weighted by atomic mass is 9.86. The second kappa shape index (κ2) is 13.2. The Morgan fingerprint density at radius 2 is 1.64 bits per heavy atom. The van der Waals surface area contributed by atoms with Gasteiger partial charge in [0.25, 0.3) is 5.91 Å². The molecule has 2 aromatic carbocycles. The van der Waals surface area contributed by atoms with E-state index in [1.165, 1.54) is 0 Å². The maximum Gasteiger partial charge on any atom is 0.308 e. The van der Waals surface area contributed by atoms with Crippen LogP contribution in [0.15, 0.2) is 36.4 Å². The summed E-state index contributed by atoms with van der Waals surface area (Å²) in [5.74, 6) is -0.252. The second-order valence-electron chi connectivity index (χ2n) is 10.6. The first kappa shape index (κ1) is 29.4. The summed E-state index contributed by atoms with van der Waals surface area (Å²) in [6, 6.07) is 11.1. The predicted molar refractivity (Wildman–Crippen MR) is 153 cm³/mol. The number of carbonyl (C=O) groups excluding carboxylic acids is 3. The smallest absolute Gasteiger partial charge is 0.308 e. The zero-order valence-corrected chi connectivity index (χ0v) is 24.4. The van der Waals surface area contributed by atoms with Crippen LogP contribution in [0.5, 0.6) is 0 Å². The van der Waals surface area contributed by atoms with Gasteiger partial charge in [-0.2, -0.15) is 0 Å². The molecule has 1 heterocycles. The summed E-state index contributed by atoms with van der Waals surface area (Å²) < 4.78 is 5.16.